The summed E-state index contributed by atoms with van der Waals surface area (Å²) in [5, 5.41) is 0. The zero-order valence-corrected chi connectivity index (χ0v) is 11.5. The first-order valence-corrected chi connectivity index (χ1v) is 7.32. The number of terminal acetylenes is 1. The third-order valence-corrected chi connectivity index (χ3v) is 4.59. The van der Waals surface area contributed by atoms with Gasteiger partial charge in [-0.15, -0.1) is 12.3 Å². The topological polar surface area (TPSA) is 3.24 Å². The van der Waals surface area contributed by atoms with E-state index in [9.17, 15) is 0 Å². The average molecular weight is 233 g/mol. The van der Waals surface area contributed by atoms with Crippen LogP contribution in [-0.2, 0) is 0 Å². The van der Waals surface area contributed by atoms with E-state index in [1.165, 1.54) is 58.2 Å². The van der Waals surface area contributed by atoms with E-state index in [4.69, 9.17) is 6.42 Å². The van der Waals surface area contributed by atoms with Crippen molar-refractivity contribution in [1.82, 2.24) is 4.90 Å². The van der Waals surface area contributed by atoms with Gasteiger partial charge in [0.1, 0.15) is 0 Å². The van der Waals surface area contributed by atoms with Crippen molar-refractivity contribution in [3.63, 3.8) is 0 Å². The molecule has 1 heterocycles. The van der Waals surface area contributed by atoms with Crippen molar-refractivity contribution in [2.45, 2.75) is 52.4 Å². The molecule has 1 saturated carbocycles. The van der Waals surface area contributed by atoms with Gasteiger partial charge in [0, 0.05) is 12.5 Å². The van der Waals surface area contributed by atoms with E-state index in [1.54, 1.807) is 0 Å². The smallest absolute Gasteiger partial charge is 0.0224 e. The maximum atomic E-state index is 5.50. The van der Waals surface area contributed by atoms with Crippen LogP contribution in [0.3, 0.4) is 0 Å². The number of likely N-dealkylation sites (tertiary alicyclic amines) is 1. The standard InChI is InChI=1S/C16H27N/c1-4-15-6-11-17(12-7-15)13-16(9-10-16)8-5-14(2)3/h1,14-15H,5-13H2,2-3H3. The van der Waals surface area contributed by atoms with E-state index in [2.05, 4.69) is 24.7 Å². The molecule has 2 aliphatic rings. The Bertz CT molecular complexity index is 274. The van der Waals surface area contributed by atoms with Gasteiger partial charge in [0.05, 0.1) is 0 Å². The van der Waals surface area contributed by atoms with Crippen LogP contribution in [0.5, 0.6) is 0 Å². The third-order valence-electron chi connectivity index (χ3n) is 4.59. The third kappa shape index (κ3) is 3.75. The number of hydrogen-bond acceptors (Lipinski definition) is 1. The molecule has 96 valence electrons. The van der Waals surface area contributed by atoms with Crippen LogP contribution in [0.1, 0.15) is 52.4 Å². The second-order valence-electron chi connectivity index (χ2n) is 6.65. The number of piperidine rings is 1. The fourth-order valence-electron chi connectivity index (χ4n) is 2.99. The Kier molecular flexibility index (Phi) is 4.15. The van der Waals surface area contributed by atoms with Crippen LogP contribution in [0.25, 0.3) is 0 Å². The van der Waals surface area contributed by atoms with Gasteiger partial charge in [0.15, 0.2) is 0 Å². The molecular formula is C16H27N. The molecule has 0 N–H and O–H groups in total. The zero-order chi connectivity index (χ0) is 12.3. The van der Waals surface area contributed by atoms with Crippen LogP contribution < -0.4 is 0 Å². The van der Waals surface area contributed by atoms with Gasteiger partial charge < -0.3 is 4.90 Å². The molecule has 0 unspecified atom stereocenters. The van der Waals surface area contributed by atoms with E-state index >= 15 is 0 Å². The Hall–Kier alpha value is -0.480. The predicted molar refractivity (Wildman–Crippen MR) is 73.7 cm³/mol. The summed E-state index contributed by atoms with van der Waals surface area (Å²) in [6, 6.07) is 0. The maximum absolute atomic E-state index is 5.50. The Morgan fingerprint density at radius 1 is 1.29 bits per heavy atom. The average Bonchev–Trinajstić information content (AvgIpc) is 3.08. The van der Waals surface area contributed by atoms with E-state index in [0.717, 1.165) is 5.92 Å². The molecule has 0 aromatic rings. The van der Waals surface area contributed by atoms with Crippen LogP contribution >= 0.6 is 0 Å². The zero-order valence-electron chi connectivity index (χ0n) is 11.5. The van der Waals surface area contributed by atoms with Crippen molar-refractivity contribution in [1.29, 1.82) is 0 Å². The molecule has 0 atom stereocenters. The molecule has 0 aromatic carbocycles. The summed E-state index contributed by atoms with van der Waals surface area (Å²) in [4.78, 5) is 2.67. The van der Waals surface area contributed by atoms with Crippen LogP contribution in [0.2, 0.25) is 0 Å². The highest BCUT2D eigenvalue weighted by Gasteiger charge is 2.43. The molecule has 0 bridgehead atoms. The minimum absolute atomic E-state index is 0.553. The van der Waals surface area contributed by atoms with Crippen molar-refractivity contribution in [3.05, 3.63) is 0 Å². The molecule has 1 aliphatic heterocycles. The molecule has 2 fully saturated rings. The van der Waals surface area contributed by atoms with Crippen molar-refractivity contribution < 1.29 is 0 Å². The lowest BCUT2D eigenvalue weighted by Crippen LogP contribution is -2.37. The van der Waals surface area contributed by atoms with Gasteiger partial charge >= 0.3 is 0 Å². The molecule has 1 nitrogen and oxygen atoms in total. The summed E-state index contributed by atoms with van der Waals surface area (Å²) < 4.78 is 0. The van der Waals surface area contributed by atoms with Crippen LogP contribution in [0, 0.1) is 29.6 Å². The molecule has 0 spiro atoms. The number of rotatable bonds is 5. The fourth-order valence-corrected chi connectivity index (χ4v) is 2.99. The largest absolute Gasteiger partial charge is 0.303 e. The van der Waals surface area contributed by atoms with Gasteiger partial charge in [0.25, 0.3) is 0 Å². The number of hydrogen-bond donors (Lipinski definition) is 0. The molecule has 1 aliphatic carbocycles. The van der Waals surface area contributed by atoms with E-state index in [1.807, 2.05) is 0 Å². The van der Waals surface area contributed by atoms with Crippen LogP contribution in [0.4, 0.5) is 0 Å². The quantitative estimate of drug-likeness (QED) is 0.656. The second-order valence-corrected chi connectivity index (χ2v) is 6.65. The Morgan fingerprint density at radius 3 is 2.41 bits per heavy atom. The lowest BCUT2D eigenvalue weighted by Gasteiger charge is -2.33. The van der Waals surface area contributed by atoms with Crippen molar-refractivity contribution in [2.24, 2.45) is 17.3 Å². The van der Waals surface area contributed by atoms with Gasteiger partial charge in [0.2, 0.25) is 0 Å². The molecular weight excluding hydrogens is 206 g/mol. The normalized spacial score (nSPS) is 24.8. The van der Waals surface area contributed by atoms with Gasteiger partial charge in [-0.2, -0.15) is 0 Å². The molecule has 1 heteroatoms. The van der Waals surface area contributed by atoms with Gasteiger partial charge in [-0.1, -0.05) is 20.3 Å². The summed E-state index contributed by atoms with van der Waals surface area (Å²) in [5.74, 6) is 4.33. The molecule has 0 aromatic heterocycles. The molecule has 17 heavy (non-hydrogen) atoms. The summed E-state index contributed by atoms with van der Waals surface area (Å²) in [7, 11) is 0. The van der Waals surface area contributed by atoms with Crippen molar-refractivity contribution >= 4 is 0 Å². The van der Waals surface area contributed by atoms with E-state index < -0.39 is 0 Å². The predicted octanol–water partition coefficient (Wildman–Crippen LogP) is 3.55. The summed E-state index contributed by atoms with van der Waals surface area (Å²) in [6.07, 6.45) is 13.7. The summed E-state index contributed by atoms with van der Waals surface area (Å²) in [6.45, 7) is 8.50. The first-order valence-electron chi connectivity index (χ1n) is 7.32. The first kappa shape index (κ1) is 13.0. The lowest BCUT2D eigenvalue weighted by atomic mass is 9.92. The highest BCUT2D eigenvalue weighted by Crippen LogP contribution is 2.51. The Morgan fingerprint density at radius 2 is 1.94 bits per heavy atom. The molecule has 1 saturated heterocycles. The van der Waals surface area contributed by atoms with Gasteiger partial charge in [-0.05, 0) is 56.5 Å². The summed E-state index contributed by atoms with van der Waals surface area (Å²) >= 11 is 0. The molecule has 2 rings (SSSR count). The minimum Gasteiger partial charge on any atom is -0.303 e. The Balaban J connectivity index is 1.72. The first-order chi connectivity index (χ1) is 8.13. The lowest BCUT2D eigenvalue weighted by molar-refractivity contribution is 0.162. The minimum atomic E-state index is 0.553. The van der Waals surface area contributed by atoms with Crippen molar-refractivity contribution in [3.8, 4) is 12.3 Å². The molecule has 0 radical (unpaired) electrons. The van der Waals surface area contributed by atoms with E-state index in [0.29, 0.717) is 11.3 Å². The van der Waals surface area contributed by atoms with Crippen LogP contribution in [0.15, 0.2) is 0 Å². The highest BCUT2D eigenvalue weighted by molar-refractivity contribution is 4.99. The van der Waals surface area contributed by atoms with E-state index in [-0.39, 0.29) is 0 Å². The maximum Gasteiger partial charge on any atom is 0.0224 e. The summed E-state index contributed by atoms with van der Waals surface area (Å²) in [5.41, 5.74) is 0.702. The monoisotopic (exact) mass is 233 g/mol. The van der Waals surface area contributed by atoms with Crippen LogP contribution in [-0.4, -0.2) is 24.5 Å². The Labute approximate surface area is 107 Å². The highest BCUT2D eigenvalue weighted by atomic mass is 15.1. The fraction of sp³-hybridized carbons (Fsp3) is 0.875. The number of nitrogens with zero attached hydrogens (tertiary/aromatic N) is 1. The molecule has 0 amide bonds. The van der Waals surface area contributed by atoms with Gasteiger partial charge in [-0.3, -0.25) is 0 Å². The SMILES string of the molecule is C#CC1CCN(CC2(CCC(C)C)CC2)CC1. The van der Waals surface area contributed by atoms with Crippen molar-refractivity contribution in [2.75, 3.05) is 19.6 Å². The van der Waals surface area contributed by atoms with Gasteiger partial charge in [-0.25, -0.2) is 0 Å². The second kappa shape index (κ2) is 5.44.